The molecule has 0 atom stereocenters. The van der Waals surface area contributed by atoms with Crippen LogP contribution in [0.5, 0.6) is 11.6 Å². The highest BCUT2D eigenvalue weighted by molar-refractivity contribution is 6.03. The second-order valence-corrected chi connectivity index (χ2v) is 5.58. The highest BCUT2D eigenvalue weighted by Gasteiger charge is 2.16. The molecule has 0 fully saturated rings. The van der Waals surface area contributed by atoms with Crippen LogP contribution < -0.4 is 9.47 Å². The van der Waals surface area contributed by atoms with E-state index >= 15 is 0 Å². The summed E-state index contributed by atoms with van der Waals surface area (Å²) in [6.45, 7) is 2.82. The average molecular weight is 334 g/mol. The monoisotopic (exact) mass is 334 g/mol. The molecule has 0 saturated carbocycles. The van der Waals surface area contributed by atoms with Gasteiger partial charge < -0.3 is 13.9 Å². The first kappa shape index (κ1) is 15.4. The standard InChI is InChI=1S/C20H18N2O3/c1-2-17-21-18-15-10-6-7-11-16(15)25-19(18)20(22-17)24-13-12-23-14-8-4-3-5-9-14/h3-11H,2,12-13H2,1H3. The van der Waals surface area contributed by atoms with Crippen molar-refractivity contribution >= 4 is 22.1 Å². The lowest BCUT2D eigenvalue weighted by Crippen LogP contribution is -2.10. The van der Waals surface area contributed by atoms with Crippen LogP contribution >= 0.6 is 0 Å². The molecular weight excluding hydrogens is 316 g/mol. The smallest absolute Gasteiger partial charge is 0.261 e. The Morgan fingerprint density at radius 3 is 2.48 bits per heavy atom. The number of furan rings is 1. The van der Waals surface area contributed by atoms with Crippen molar-refractivity contribution in [1.29, 1.82) is 0 Å². The third kappa shape index (κ3) is 3.13. The summed E-state index contributed by atoms with van der Waals surface area (Å²) in [7, 11) is 0. The summed E-state index contributed by atoms with van der Waals surface area (Å²) in [5.74, 6) is 2.02. The van der Waals surface area contributed by atoms with Crippen molar-refractivity contribution in [3.05, 3.63) is 60.4 Å². The minimum absolute atomic E-state index is 0.376. The van der Waals surface area contributed by atoms with Crippen molar-refractivity contribution in [2.24, 2.45) is 0 Å². The lowest BCUT2D eigenvalue weighted by Gasteiger charge is -2.08. The van der Waals surface area contributed by atoms with Crippen molar-refractivity contribution in [1.82, 2.24) is 9.97 Å². The van der Waals surface area contributed by atoms with Crippen LogP contribution in [0.1, 0.15) is 12.7 Å². The molecule has 0 bridgehead atoms. The first-order valence-electron chi connectivity index (χ1n) is 8.34. The van der Waals surface area contributed by atoms with Gasteiger partial charge in [0.05, 0.1) is 0 Å². The van der Waals surface area contributed by atoms with Gasteiger partial charge in [-0.05, 0) is 24.3 Å². The van der Waals surface area contributed by atoms with E-state index < -0.39 is 0 Å². The fourth-order valence-electron chi connectivity index (χ4n) is 2.68. The summed E-state index contributed by atoms with van der Waals surface area (Å²) >= 11 is 0. The van der Waals surface area contributed by atoms with Crippen LogP contribution in [0.3, 0.4) is 0 Å². The van der Waals surface area contributed by atoms with Gasteiger partial charge >= 0.3 is 0 Å². The van der Waals surface area contributed by atoms with Crippen molar-refractivity contribution < 1.29 is 13.9 Å². The van der Waals surface area contributed by atoms with Gasteiger partial charge in [-0.15, -0.1) is 0 Å². The normalized spacial score (nSPS) is 11.1. The summed E-state index contributed by atoms with van der Waals surface area (Å²) < 4.78 is 17.4. The van der Waals surface area contributed by atoms with E-state index in [1.54, 1.807) is 0 Å². The summed E-state index contributed by atoms with van der Waals surface area (Å²) in [6, 6.07) is 17.5. The highest BCUT2D eigenvalue weighted by atomic mass is 16.5. The summed E-state index contributed by atoms with van der Waals surface area (Å²) in [5, 5.41) is 0.972. The van der Waals surface area contributed by atoms with Crippen molar-refractivity contribution in [3.8, 4) is 11.6 Å². The zero-order valence-electron chi connectivity index (χ0n) is 13.9. The Balaban J connectivity index is 1.57. The number of aryl methyl sites for hydroxylation is 1. The van der Waals surface area contributed by atoms with Gasteiger partial charge in [-0.25, -0.2) is 4.98 Å². The third-order valence-corrected chi connectivity index (χ3v) is 3.89. The number of hydrogen-bond donors (Lipinski definition) is 0. The number of ether oxygens (including phenoxy) is 2. The van der Waals surface area contributed by atoms with Crippen LogP contribution in [-0.4, -0.2) is 23.2 Å². The van der Waals surface area contributed by atoms with E-state index in [1.807, 2.05) is 61.5 Å². The predicted octanol–water partition coefficient (Wildman–Crippen LogP) is 4.40. The molecule has 2 heterocycles. The fraction of sp³-hybridized carbons (Fsp3) is 0.200. The topological polar surface area (TPSA) is 57.4 Å². The molecule has 2 aromatic carbocycles. The molecule has 5 nitrogen and oxygen atoms in total. The average Bonchev–Trinajstić information content (AvgIpc) is 3.04. The maximum atomic E-state index is 5.91. The predicted molar refractivity (Wildman–Crippen MR) is 96.1 cm³/mol. The van der Waals surface area contributed by atoms with E-state index in [0.29, 0.717) is 24.7 Å². The van der Waals surface area contributed by atoms with Crippen LogP contribution in [0.4, 0.5) is 0 Å². The van der Waals surface area contributed by atoms with E-state index in [4.69, 9.17) is 13.9 Å². The zero-order valence-corrected chi connectivity index (χ0v) is 13.9. The number of para-hydroxylation sites is 2. The van der Waals surface area contributed by atoms with E-state index in [0.717, 1.165) is 34.5 Å². The van der Waals surface area contributed by atoms with Gasteiger partial charge in [-0.3, -0.25) is 0 Å². The molecule has 5 heteroatoms. The van der Waals surface area contributed by atoms with Gasteiger partial charge in [-0.1, -0.05) is 37.3 Å². The number of rotatable bonds is 6. The number of aromatic nitrogens is 2. The summed E-state index contributed by atoms with van der Waals surface area (Å²) in [5.41, 5.74) is 2.16. The quantitative estimate of drug-likeness (QED) is 0.489. The van der Waals surface area contributed by atoms with Gasteiger partial charge in [0, 0.05) is 11.8 Å². The van der Waals surface area contributed by atoms with Gasteiger partial charge in [0.15, 0.2) is 0 Å². The van der Waals surface area contributed by atoms with Crippen LogP contribution in [-0.2, 0) is 6.42 Å². The molecule has 0 aliphatic carbocycles. The molecule has 0 aliphatic heterocycles. The lowest BCUT2D eigenvalue weighted by molar-refractivity contribution is 0.211. The van der Waals surface area contributed by atoms with Crippen LogP contribution in [0.25, 0.3) is 22.1 Å². The Kier molecular flexibility index (Phi) is 4.21. The fourth-order valence-corrected chi connectivity index (χ4v) is 2.68. The summed E-state index contributed by atoms with van der Waals surface area (Å²) in [6.07, 6.45) is 0.728. The molecular formula is C20H18N2O3. The second-order valence-electron chi connectivity index (χ2n) is 5.58. The lowest BCUT2D eigenvalue weighted by atomic mass is 10.2. The molecule has 0 spiro atoms. The molecule has 0 aliphatic rings. The van der Waals surface area contributed by atoms with Gasteiger partial charge in [0.2, 0.25) is 5.58 Å². The van der Waals surface area contributed by atoms with E-state index in [-0.39, 0.29) is 0 Å². The van der Waals surface area contributed by atoms with Crippen LogP contribution in [0.2, 0.25) is 0 Å². The highest BCUT2D eigenvalue weighted by Crippen LogP contribution is 2.32. The molecule has 0 radical (unpaired) electrons. The zero-order chi connectivity index (χ0) is 17.1. The molecule has 4 rings (SSSR count). The molecule has 0 N–H and O–H groups in total. The number of hydrogen-bond acceptors (Lipinski definition) is 5. The van der Waals surface area contributed by atoms with Crippen molar-refractivity contribution in [3.63, 3.8) is 0 Å². The van der Waals surface area contributed by atoms with Gasteiger partial charge in [0.25, 0.3) is 5.88 Å². The Hall–Kier alpha value is -3.08. The maximum absolute atomic E-state index is 5.91. The van der Waals surface area contributed by atoms with E-state index in [9.17, 15) is 0 Å². The summed E-state index contributed by atoms with van der Waals surface area (Å²) in [4.78, 5) is 9.08. The molecule has 0 amide bonds. The molecule has 25 heavy (non-hydrogen) atoms. The Labute approximate surface area is 145 Å². The second kappa shape index (κ2) is 6.81. The van der Waals surface area contributed by atoms with Crippen LogP contribution in [0, 0.1) is 0 Å². The largest absolute Gasteiger partial charge is 0.490 e. The number of nitrogens with zero attached hydrogens (tertiary/aromatic N) is 2. The van der Waals surface area contributed by atoms with Crippen molar-refractivity contribution in [2.75, 3.05) is 13.2 Å². The SMILES string of the molecule is CCc1nc(OCCOc2ccccc2)c2oc3ccccc3c2n1. The van der Waals surface area contributed by atoms with Crippen molar-refractivity contribution in [2.45, 2.75) is 13.3 Å². The molecule has 0 unspecified atom stereocenters. The van der Waals surface area contributed by atoms with E-state index in [1.165, 1.54) is 0 Å². The molecule has 0 saturated heterocycles. The maximum Gasteiger partial charge on any atom is 0.261 e. The molecule has 4 aromatic rings. The van der Waals surface area contributed by atoms with Gasteiger partial charge in [-0.2, -0.15) is 4.98 Å². The molecule has 126 valence electrons. The minimum atomic E-state index is 0.376. The number of fused-ring (bicyclic) bond motifs is 3. The first-order chi connectivity index (χ1) is 12.3. The Bertz CT molecular complexity index is 996. The minimum Gasteiger partial charge on any atom is -0.490 e. The third-order valence-electron chi connectivity index (χ3n) is 3.89. The molecule has 2 aromatic heterocycles. The first-order valence-corrected chi connectivity index (χ1v) is 8.34. The van der Waals surface area contributed by atoms with Crippen LogP contribution in [0.15, 0.2) is 59.0 Å². The Morgan fingerprint density at radius 2 is 1.64 bits per heavy atom. The Morgan fingerprint density at radius 1 is 0.880 bits per heavy atom. The van der Waals surface area contributed by atoms with Gasteiger partial charge in [0.1, 0.15) is 35.9 Å². The van der Waals surface area contributed by atoms with E-state index in [2.05, 4.69) is 9.97 Å². The number of benzene rings is 2.